The molecule has 0 radical (unpaired) electrons. The third kappa shape index (κ3) is 4.93. The number of carboxylic acids is 1. The van der Waals surface area contributed by atoms with Gasteiger partial charge in [0, 0.05) is 46.3 Å². The standard InChI is InChI=1S/C28H24ClFN6O2/c1-31-15-36(2)23-5-3-4-22(30)24(23)26-21-12-18(29)8-11-20(21)25-17(13-32-26)14-33-28(35-25)34-19-9-6-16(7-10-19)27(37)38/h3-12,14,31H,13,15H2,1-2H3,(H,37,38)(H,33,34,35). The van der Waals surface area contributed by atoms with Crippen LogP contribution in [0.1, 0.15) is 27.0 Å². The van der Waals surface area contributed by atoms with E-state index >= 15 is 4.39 Å². The van der Waals surface area contributed by atoms with Crippen molar-refractivity contribution in [1.29, 1.82) is 0 Å². The van der Waals surface area contributed by atoms with Crippen LogP contribution in [-0.4, -0.2) is 47.5 Å². The van der Waals surface area contributed by atoms with Crippen LogP contribution in [0.5, 0.6) is 0 Å². The normalized spacial score (nSPS) is 12.2. The number of aliphatic imine (C=N–C) groups is 1. The lowest BCUT2D eigenvalue weighted by atomic mass is 9.94. The highest BCUT2D eigenvalue weighted by Crippen LogP contribution is 2.36. The molecule has 1 aliphatic heterocycles. The molecule has 10 heteroatoms. The number of benzene rings is 3. The minimum absolute atomic E-state index is 0.182. The molecule has 8 nitrogen and oxygen atoms in total. The zero-order chi connectivity index (χ0) is 26.8. The molecule has 0 amide bonds. The number of hydrogen-bond acceptors (Lipinski definition) is 7. The van der Waals surface area contributed by atoms with Gasteiger partial charge in [-0.3, -0.25) is 4.99 Å². The van der Waals surface area contributed by atoms with Crippen LogP contribution in [0.15, 0.2) is 71.9 Å². The van der Waals surface area contributed by atoms with Gasteiger partial charge in [-0.15, -0.1) is 0 Å². The summed E-state index contributed by atoms with van der Waals surface area (Å²) in [5.74, 6) is -1.06. The lowest BCUT2D eigenvalue weighted by Gasteiger charge is -2.23. The monoisotopic (exact) mass is 530 g/mol. The third-order valence-electron chi connectivity index (χ3n) is 6.19. The summed E-state index contributed by atoms with van der Waals surface area (Å²) in [4.78, 5) is 27.1. The smallest absolute Gasteiger partial charge is 0.335 e. The highest BCUT2D eigenvalue weighted by atomic mass is 35.5. The molecule has 192 valence electrons. The maximum atomic E-state index is 15.4. The lowest BCUT2D eigenvalue weighted by molar-refractivity contribution is 0.0697. The minimum atomic E-state index is -1.00. The van der Waals surface area contributed by atoms with Crippen molar-refractivity contribution in [2.45, 2.75) is 6.54 Å². The Balaban J connectivity index is 1.60. The SMILES string of the molecule is CNCN(C)c1cccc(F)c1C1=NCc2cnc(Nc3ccc(C(=O)O)cc3)nc2-c2ccc(Cl)cc21. The molecule has 0 saturated carbocycles. The Kier molecular flexibility index (Phi) is 7.04. The van der Waals surface area contributed by atoms with E-state index < -0.39 is 5.97 Å². The lowest BCUT2D eigenvalue weighted by Crippen LogP contribution is -2.30. The van der Waals surface area contributed by atoms with Crippen LogP contribution in [0.4, 0.5) is 21.7 Å². The quantitative estimate of drug-likeness (QED) is 0.277. The number of fused-ring (bicyclic) bond motifs is 3. The van der Waals surface area contributed by atoms with Crippen LogP contribution >= 0.6 is 11.6 Å². The van der Waals surface area contributed by atoms with Gasteiger partial charge in [-0.05, 0) is 55.6 Å². The van der Waals surface area contributed by atoms with Gasteiger partial charge in [0.2, 0.25) is 5.95 Å². The van der Waals surface area contributed by atoms with Crippen molar-refractivity contribution in [2.24, 2.45) is 4.99 Å². The summed E-state index contributed by atoms with van der Waals surface area (Å²) in [6, 6.07) is 16.7. The Bertz CT molecular complexity index is 1560. The summed E-state index contributed by atoms with van der Waals surface area (Å²) in [6.45, 7) is 0.758. The highest BCUT2D eigenvalue weighted by Gasteiger charge is 2.26. The largest absolute Gasteiger partial charge is 0.478 e. The molecule has 0 unspecified atom stereocenters. The first-order chi connectivity index (χ1) is 18.4. The van der Waals surface area contributed by atoms with Gasteiger partial charge in [-0.25, -0.2) is 19.2 Å². The molecule has 4 aromatic rings. The zero-order valence-corrected chi connectivity index (χ0v) is 21.4. The molecule has 1 aliphatic rings. The molecule has 1 aromatic heterocycles. The van der Waals surface area contributed by atoms with Gasteiger partial charge in [0.25, 0.3) is 0 Å². The van der Waals surface area contributed by atoms with Crippen LogP contribution in [-0.2, 0) is 6.54 Å². The third-order valence-corrected chi connectivity index (χ3v) is 6.42. The number of carbonyl (C=O) groups is 1. The Morgan fingerprint density at radius 2 is 1.92 bits per heavy atom. The molecule has 5 rings (SSSR count). The van der Waals surface area contributed by atoms with Crippen LogP contribution in [0, 0.1) is 5.82 Å². The molecule has 0 bridgehead atoms. The summed E-state index contributed by atoms with van der Waals surface area (Å²) in [5.41, 5.74) is 5.21. The summed E-state index contributed by atoms with van der Waals surface area (Å²) in [6.07, 6.45) is 1.69. The Hall–Kier alpha value is -4.34. The van der Waals surface area contributed by atoms with Gasteiger partial charge >= 0.3 is 5.97 Å². The number of hydrogen-bond donors (Lipinski definition) is 3. The number of halogens is 2. The number of aromatic nitrogens is 2. The van der Waals surface area contributed by atoms with Crippen molar-refractivity contribution >= 4 is 40.6 Å². The number of aromatic carboxylic acids is 1. The molecule has 0 spiro atoms. The van der Waals surface area contributed by atoms with Crippen molar-refractivity contribution in [3.05, 3.63) is 100.0 Å². The van der Waals surface area contributed by atoms with Gasteiger partial charge in [0.15, 0.2) is 0 Å². The predicted octanol–water partition coefficient (Wildman–Crippen LogP) is 5.34. The van der Waals surface area contributed by atoms with Crippen LogP contribution in [0.25, 0.3) is 11.3 Å². The highest BCUT2D eigenvalue weighted by molar-refractivity contribution is 6.32. The van der Waals surface area contributed by atoms with E-state index in [2.05, 4.69) is 15.6 Å². The topological polar surface area (TPSA) is 103 Å². The van der Waals surface area contributed by atoms with E-state index in [-0.39, 0.29) is 17.9 Å². The molecular formula is C28H24ClFN6O2. The summed E-state index contributed by atoms with van der Waals surface area (Å²) in [7, 11) is 3.71. The average molecular weight is 531 g/mol. The van der Waals surface area contributed by atoms with Gasteiger partial charge in [0.1, 0.15) is 5.82 Å². The second-order valence-corrected chi connectivity index (χ2v) is 9.21. The molecular weight excluding hydrogens is 507 g/mol. The Morgan fingerprint density at radius 1 is 1.13 bits per heavy atom. The average Bonchev–Trinajstić information content (AvgIpc) is 3.05. The first-order valence-corrected chi connectivity index (χ1v) is 12.2. The fraction of sp³-hybridized carbons (Fsp3) is 0.143. The minimum Gasteiger partial charge on any atom is -0.478 e. The fourth-order valence-corrected chi connectivity index (χ4v) is 4.58. The Morgan fingerprint density at radius 3 is 2.66 bits per heavy atom. The molecule has 0 fully saturated rings. The maximum absolute atomic E-state index is 15.4. The number of nitrogens with one attached hydrogen (secondary N) is 2. The van der Waals surface area contributed by atoms with E-state index in [0.717, 1.165) is 11.1 Å². The second kappa shape index (κ2) is 10.6. The second-order valence-electron chi connectivity index (χ2n) is 8.77. The predicted molar refractivity (Wildman–Crippen MR) is 147 cm³/mol. The van der Waals surface area contributed by atoms with Crippen molar-refractivity contribution in [1.82, 2.24) is 15.3 Å². The van der Waals surface area contributed by atoms with E-state index in [1.807, 2.05) is 31.1 Å². The van der Waals surface area contributed by atoms with Crippen molar-refractivity contribution in [2.75, 3.05) is 31.0 Å². The number of nitrogens with zero attached hydrogens (tertiary/aromatic N) is 4. The molecule has 0 saturated heterocycles. The summed E-state index contributed by atoms with van der Waals surface area (Å²) < 4.78 is 15.4. The molecule has 3 aromatic carbocycles. The van der Waals surface area contributed by atoms with E-state index in [1.54, 1.807) is 36.5 Å². The van der Waals surface area contributed by atoms with E-state index in [9.17, 15) is 4.79 Å². The number of carboxylic acid groups (broad SMARTS) is 1. The van der Waals surface area contributed by atoms with Gasteiger partial charge in [0.05, 0.1) is 35.7 Å². The summed E-state index contributed by atoms with van der Waals surface area (Å²) in [5, 5.41) is 15.8. The van der Waals surface area contributed by atoms with Crippen molar-refractivity contribution < 1.29 is 14.3 Å². The van der Waals surface area contributed by atoms with E-state index in [1.165, 1.54) is 18.2 Å². The van der Waals surface area contributed by atoms with Crippen LogP contribution in [0.2, 0.25) is 5.02 Å². The first-order valence-electron chi connectivity index (χ1n) is 11.8. The van der Waals surface area contributed by atoms with E-state index in [0.29, 0.717) is 51.5 Å². The van der Waals surface area contributed by atoms with Gasteiger partial charge in [-0.2, -0.15) is 0 Å². The van der Waals surface area contributed by atoms with Crippen molar-refractivity contribution in [3.8, 4) is 11.3 Å². The zero-order valence-electron chi connectivity index (χ0n) is 20.7. The van der Waals surface area contributed by atoms with Gasteiger partial charge in [-0.1, -0.05) is 23.7 Å². The Labute approximate surface area is 223 Å². The molecule has 38 heavy (non-hydrogen) atoms. The fourth-order valence-electron chi connectivity index (χ4n) is 4.41. The van der Waals surface area contributed by atoms with Crippen LogP contribution in [0.3, 0.4) is 0 Å². The number of rotatable bonds is 7. The molecule has 3 N–H and O–H groups in total. The molecule has 2 heterocycles. The number of anilines is 3. The van der Waals surface area contributed by atoms with Gasteiger partial charge < -0.3 is 20.6 Å². The maximum Gasteiger partial charge on any atom is 0.335 e. The van der Waals surface area contributed by atoms with E-state index in [4.69, 9.17) is 26.7 Å². The molecule has 0 atom stereocenters. The first kappa shape index (κ1) is 25.3. The summed E-state index contributed by atoms with van der Waals surface area (Å²) >= 11 is 6.42. The van der Waals surface area contributed by atoms with Crippen LogP contribution < -0.4 is 15.5 Å². The molecule has 0 aliphatic carbocycles. The van der Waals surface area contributed by atoms with Crippen molar-refractivity contribution in [3.63, 3.8) is 0 Å².